The Labute approximate surface area is 124 Å². The van der Waals surface area contributed by atoms with E-state index >= 15 is 0 Å². The van der Waals surface area contributed by atoms with Gasteiger partial charge in [0.2, 0.25) is 0 Å². The average molecular weight is 288 g/mol. The zero-order valence-electron chi connectivity index (χ0n) is 11.5. The summed E-state index contributed by atoms with van der Waals surface area (Å²) >= 11 is 6.01. The van der Waals surface area contributed by atoms with Gasteiger partial charge >= 0.3 is 0 Å². The van der Waals surface area contributed by atoms with Gasteiger partial charge in [0, 0.05) is 6.04 Å². The molecule has 3 heteroatoms. The van der Waals surface area contributed by atoms with Gasteiger partial charge in [-0.25, -0.2) is 0 Å². The van der Waals surface area contributed by atoms with Crippen LogP contribution in [-0.2, 0) is 6.42 Å². The number of rotatable bonds is 5. The largest absolute Gasteiger partial charge is 0.350 e. The van der Waals surface area contributed by atoms with Crippen molar-refractivity contribution in [2.75, 3.05) is 0 Å². The minimum Gasteiger partial charge on any atom is -0.350 e. The second-order valence-electron chi connectivity index (χ2n) is 4.88. The first-order chi connectivity index (χ1) is 9.66. The Morgan fingerprint density at radius 2 is 1.75 bits per heavy atom. The Morgan fingerprint density at radius 3 is 2.45 bits per heavy atom. The van der Waals surface area contributed by atoms with Crippen molar-refractivity contribution >= 4 is 17.5 Å². The van der Waals surface area contributed by atoms with Crippen molar-refractivity contribution in [3.05, 3.63) is 70.7 Å². The van der Waals surface area contributed by atoms with E-state index in [2.05, 4.69) is 17.4 Å². The maximum atomic E-state index is 12.1. The molecule has 1 N–H and O–H groups in total. The van der Waals surface area contributed by atoms with Gasteiger partial charge in [0.25, 0.3) is 5.91 Å². The lowest BCUT2D eigenvalue weighted by Crippen LogP contribution is -2.33. The van der Waals surface area contributed by atoms with Crippen LogP contribution in [0.15, 0.2) is 54.6 Å². The van der Waals surface area contributed by atoms with E-state index in [4.69, 9.17) is 11.6 Å². The van der Waals surface area contributed by atoms with Gasteiger partial charge in [0.1, 0.15) is 0 Å². The summed E-state index contributed by atoms with van der Waals surface area (Å²) in [6.07, 6.45) is 1.85. The number of carbonyl (C=O) groups is 1. The van der Waals surface area contributed by atoms with Crippen LogP contribution in [0, 0.1) is 0 Å². The number of hydrogen-bond donors (Lipinski definition) is 1. The van der Waals surface area contributed by atoms with Crippen LogP contribution in [-0.4, -0.2) is 11.9 Å². The second kappa shape index (κ2) is 7.11. The second-order valence-corrected chi connectivity index (χ2v) is 5.29. The van der Waals surface area contributed by atoms with Crippen LogP contribution in [0.2, 0.25) is 5.02 Å². The van der Waals surface area contributed by atoms with E-state index in [9.17, 15) is 4.79 Å². The summed E-state index contributed by atoms with van der Waals surface area (Å²) in [6.45, 7) is 2.01. The third-order valence-electron chi connectivity index (χ3n) is 3.20. The van der Waals surface area contributed by atoms with E-state index in [1.54, 1.807) is 12.1 Å². The van der Waals surface area contributed by atoms with Crippen LogP contribution < -0.4 is 5.32 Å². The fourth-order valence-electron chi connectivity index (χ4n) is 2.05. The summed E-state index contributed by atoms with van der Waals surface area (Å²) in [5.74, 6) is -0.115. The van der Waals surface area contributed by atoms with E-state index in [0.717, 1.165) is 12.8 Å². The molecule has 1 atom stereocenters. The summed E-state index contributed by atoms with van der Waals surface area (Å²) in [4.78, 5) is 12.1. The molecule has 2 aromatic carbocycles. The van der Waals surface area contributed by atoms with Gasteiger partial charge in [-0.1, -0.05) is 54.1 Å². The fraction of sp³-hybridized carbons (Fsp3) is 0.235. The lowest BCUT2D eigenvalue weighted by atomic mass is 10.1. The molecule has 2 rings (SSSR count). The topological polar surface area (TPSA) is 29.1 Å². The molecule has 2 nitrogen and oxygen atoms in total. The lowest BCUT2D eigenvalue weighted by Gasteiger charge is -2.14. The highest BCUT2D eigenvalue weighted by molar-refractivity contribution is 6.33. The van der Waals surface area contributed by atoms with Crippen LogP contribution in [0.1, 0.15) is 29.3 Å². The van der Waals surface area contributed by atoms with Gasteiger partial charge in [-0.3, -0.25) is 4.79 Å². The quantitative estimate of drug-likeness (QED) is 0.882. The van der Waals surface area contributed by atoms with Crippen molar-refractivity contribution in [1.29, 1.82) is 0 Å². The molecule has 20 heavy (non-hydrogen) atoms. The third kappa shape index (κ3) is 4.10. The maximum absolute atomic E-state index is 12.1. The minimum atomic E-state index is -0.115. The Hall–Kier alpha value is -1.80. The molecule has 0 aromatic heterocycles. The summed E-state index contributed by atoms with van der Waals surface area (Å²) in [7, 11) is 0. The molecule has 0 aliphatic carbocycles. The molecule has 0 bridgehead atoms. The Bertz CT molecular complexity index is 568. The number of benzene rings is 2. The lowest BCUT2D eigenvalue weighted by molar-refractivity contribution is 0.0938. The van der Waals surface area contributed by atoms with Crippen molar-refractivity contribution in [3.8, 4) is 0 Å². The number of aryl methyl sites for hydroxylation is 1. The standard InChI is InChI=1S/C17H18ClNO/c1-13(11-12-14-7-3-2-4-8-14)19-17(20)15-9-5-6-10-16(15)18/h2-10,13H,11-12H2,1H3,(H,19,20)/t13-/m0/s1. The zero-order valence-corrected chi connectivity index (χ0v) is 12.2. The van der Waals surface area contributed by atoms with E-state index in [1.807, 2.05) is 37.3 Å². The molecule has 104 valence electrons. The predicted molar refractivity (Wildman–Crippen MR) is 83.1 cm³/mol. The number of halogens is 1. The number of carbonyl (C=O) groups excluding carboxylic acids is 1. The predicted octanol–water partition coefficient (Wildman–Crippen LogP) is 4.09. The van der Waals surface area contributed by atoms with Gasteiger partial charge in [0.15, 0.2) is 0 Å². The van der Waals surface area contributed by atoms with Gasteiger partial charge in [-0.05, 0) is 37.5 Å². The Kier molecular flexibility index (Phi) is 5.19. The Balaban J connectivity index is 1.87. The van der Waals surface area contributed by atoms with Crippen molar-refractivity contribution < 1.29 is 4.79 Å². The van der Waals surface area contributed by atoms with Crippen LogP contribution in [0.25, 0.3) is 0 Å². The zero-order chi connectivity index (χ0) is 14.4. The molecule has 0 aliphatic heterocycles. The first-order valence-electron chi connectivity index (χ1n) is 6.76. The van der Waals surface area contributed by atoms with Crippen molar-refractivity contribution in [1.82, 2.24) is 5.32 Å². The molecule has 0 fully saturated rings. The van der Waals surface area contributed by atoms with Crippen molar-refractivity contribution in [3.63, 3.8) is 0 Å². The Morgan fingerprint density at radius 1 is 1.10 bits per heavy atom. The number of hydrogen-bond acceptors (Lipinski definition) is 1. The highest BCUT2D eigenvalue weighted by atomic mass is 35.5. The maximum Gasteiger partial charge on any atom is 0.252 e. The van der Waals surface area contributed by atoms with E-state index in [0.29, 0.717) is 10.6 Å². The van der Waals surface area contributed by atoms with Crippen LogP contribution >= 0.6 is 11.6 Å². The van der Waals surface area contributed by atoms with Crippen molar-refractivity contribution in [2.45, 2.75) is 25.8 Å². The molecular weight excluding hydrogens is 270 g/mol. The number of amides is 1. The van der Waals surface area contributed by atoms with E-state index in [-0.39, 0.29) is 11.9 Å². The van der Waals surface area contributed by atoms with E-state index < -0.39 is 0 Å². The monoisotopic (exact) mass is 287 g/mol. The fourth-order valence-corrected chi connectivity index (χ4v) is 2.27. The molecular formula is C17H18ClNO. The summed E-state index contributed by atoms with van der Waals surface area (Å²) in [5, 5.41) is 3.47. The molecule has 0 radical (unpaired) electrons. The molecule has 0 spiro atoms. The highest BCUT2D eigenvalue weighted by Crippen LogP contribution is 2.15. The average Bonchev–Trinajstić information content (AvgIpc) is 2.46. The molecule has 0 saturated carbocycles. The molecule has 0 saturated heterocycles. The number of nitrogens with one attached hydrogen (secondary N) is 1. The SMILES string of the molecule is C[C@@H](CCc1ccccc1)NC(=O)c1ccccc1Cl. The summed E-state index contributed by atoms with van der Waals surface area (Å²) in [6, 6.07) is 17.5. The molecule has 0 heterocycles. The minimum absolute atomic E-state index is 0.110. The van der Waals surface area contributed by atoms with Crippen LogP contribution in [0.4, 0.5) is 0 Å². The smallest absolute Gasteiger partial charge is 0.252 e. The van der Waals surface area contributed by atoms with Crippen LogP contribution in [0.3, 0.4) is 0 Å². The molecule has 1 amide bonds. The van der Waals surface area contributed by atoms with Gasteiger partial charge in [0.05, 0.1) is 10.6 Å². The van der Waals surface area contributed by atoms with Gasteiger partial charge in [-0.15, -0.1) is 0 Å². The van der Waals surface area contributed by atoms with E-state index in [1.165, 1.54) is 5.56 Å². The molecule has 2 aromatic rings. The van der Waals surface area contributed by atoms with Crippen molar-refractivity contribution in [2.24, 2.45) is 0 Å². The summed E-state index contributed by atoms with van der Waals surface area (Å²) < 4.78 is 0. The first-order valence-corrected chi connectivity index (χ1v) is 7.14. The first kappa shape index (κ1) is 14.6. The molecule has 0 unspecified atom stereocenters. The third-order valence-corrected chi connectivity index (χ3v) is 3.53. The van der Waals surface area contributed by atoms with Crippen LogP contribution in [0.5, 0.6) is 0 Å². The molecule has 0 aliphatic rings. The summed E-state index contributed by atoms with van der Waals surface area (Å²) in [5.41, 5.74) is 1.81. The van der Waals surface area contributed by atoms with Gasteiger partial charge < -0.3 is 5.32 Å². The van der Waals surface area contributed by atoms with Gasteiger partial charge in [-0.2, -0.15) is 0 Å². The normalized spacial score (nSPS) is 11.9. The highest BCUT2D eigenvalue weighted by Gasteiger charge is 2.12.